The number of hydrogen-bond acceptors (Lipinski definition) is 3. The predicted octanol–water partition coefficient (Wildman–Crippen LogP) is 0.170. The standard InChI is InChI=1S/C8H11F2N3O2S/c9-7-2-1-6(5-8(7)10)13-16(14,15)12-4-3-11/h1-2,5,12-13H,3-4,11H2. The first-order valence-electron chi connectivity index (χ1n) is 4.37. The molecule has 0 aliphatic rings. The summed E-state index contributed by atoms with van der Waals surface area (Å²) in [5.74, 6) is -2.17. The number of nitrogens with two attached hydrogens (primary N) is 1. The first kappa shape index (κ1) is 12.8. The van der Waals surface area contributed by atoms with Crippen LogP contribution in [0.4, 0.5) is 14.5 Å². The minimum absolute atomic E-state index is 0.0546. The smallest absolute Gasteiger partial charge is 0.299 e. The molecule has 0 heterocycles. The van der Waals surface area contributed by atoms with Gasteiger partial charge in [-0.15, -0.1) is 0 Å². The number of anilines is 1. The summed E-state index contributed by atoms with van der Waals surface area (Å²) in [4.78, 5) is 0. The van der Waals surface area contributed by atoms with Gasteiger partial charge in [0.15, 0.2) is 11.6 Å². The molecule has 0 atom stereocenters. The van der Waals surface area contributed by atoms with E-state index in [9.17, 15) is 17.2 Å². The van der Waals surface area contributed by atoms with Crippen LogP contribution >= 0.6 is 0 Å². The second-order valence-electron chi connectivity index (χ2n) is 2.92. The van der Waals surface area contributed by atoms with E-state index >= 15 is 0 Å². The van der Waals surface area contributed by atoms with Crippen LogP contribution < -0.4 is 15.2 Å². The van der Waals surface area contributed by atoms with Crippen molar-refractivity contribution in [2.24, 2.45) is 5.73 Å². The molecule has 0 aromatic heterocycles. The first-order valence-corrected chi connectivity index (χ1v) is 5.85. The largest absolute Gasteiger partial charge is 0.329 e. The van der Waals surface area contributed by atoms with Gasteiger partial charge in [-0.25, -0.2) is 8.78 Å². The summed E-state index contributed by atoms with van der Waals surface area (Å²) in [6.07, 6.45) is 0. The van der Waals surface area contributed by atoms with Crippen LogP contribution in [0.15, 0.2) is 18.2 Å². The average molecular weight is 251 g/mol. The third kappa shape index (κ3) is 3.72. The van der Waals surface area contributed by atoms with Crippen molar-refractivity contribution in [2.75, 3.05) is 17.8 Å². The molecular weight excluding hydrogens is 240 g/mol. The maximum atomic E-state index is 12.8. The molecule has 1 aromatic rings. The van der Waals surface area contributed by atoms with Gasteiger partial charge in [-0.2, -0.15) is 13.1 Å². The molecule has 1 aromatic carbocycles. The van der Waals surface area contributed by atoms with Gasteiger partial charge in [-0.1, -0.05) is 0 Å². The van der Waals surface area contributed by atoms with Crippen LogP contribution in [0, 0.1) is 11.6 Å². The minimum Gasteiger partial charge on any atom is -0.329 e. The van der Waals surface area contributed by atoms with Gasteiger partial charge in [0, 0.05) is 19.2 Å². The third-order valence-electron chi connectivity index (χ3n) is 1.61. The number of halogens is 2. The second-order valence-corrected chi connectivity index (χ2v) is 4.42. The molecule has 0 fully saturated rings. The number of benzene rings is 1. The molecule has 0 spiro atoms. The van der Waals surface area contributed by atoms with Crippen molar-refractivity contribution in [1.29, 1.82) is 0 Å². The van der Waals surface area contributed by atoms with E-state index in [1.165, 1.54) is 0 Å². The Balaban J connectivity index is 2.76. The Labute approximate surface area is 91.8 Å². The molecule has 0 radical (unpaired) electrons. The van der Waals surface area contributed by atoms with Crippen LogP contribution in [0.25, 0.3) is 0 Å². The quantitative estimate of drug-likeness (QED) is 0.697. The number of hydrogen-bond donors (Lipinski definition) is 3. The maximum Gasteiger partial charge on any atom is 0.299 e. The van der Waals surface area contributed by atoms with Gasteiger partial charge in [-0.05, 0) is 12.1 Å². The summed E-state index contributed by atoms with van der Waals surface area (Å²) in [5, 5.41) is 0. The lowest BCUT2D eigenvalue weighted by Gasteiger charge is -2.08. The SMILES string of the molecule is NCCNS(=O)(=O)Nc1ccc(F)c(F)c1. The van der Waals surface area contributed by atoms with Crippen LogP contribution in [0.2, 0.25) is 0 Å². The van der Waals surface area contributed by atoms with Crippen molar-refractivity contribution < 1.29 is 17.2 Å². The topological polar surface area (TPSA) is 84.2 Å². The summed E-state index contributed by atoms with van der Waals surface area (Å²) in [6.45, 7) is 0.192. The Morgan fingerprint density at radius 3 is 2.50 bits per heavy atom. The monoisotopic (exact) mass is 251 g/mol. The predicted molar refractivity (Wildman–Crippen MR) is 56.0 cm³/mol. The van der Waals surface area contributed by atoms with Gasteiger partial charge in [-0.3, -0.25) is 4.72 Å². The van der Waals surface area contributed by atoms with Crippen molar-refractivity contribution in [3.8, 4) is 0 Å². The van der Waals surface area contributed by atoms with E-state index in [0.29, 0.717) is 0 Å². The third-order valence-corrected chi connectivity index (χ3v) is 2.70. The molecule has 0 saturated carbocycles. The fourth-order valence-corrected chi connectivity index (χ4v) is 1.84. The van der Waals surface area contributed by atoms with Gasteiger partial charge in [0.05, 0.1) is 5.69 Å². The molecular formula is C8H11F2N3O2S. The van der Waals surface area contributed by atoms with Crippen LogP contribution in [0.1, 0.15) is 0 Å². The molecule has 0 saturated heterocycles. The highest BCUT2D eigenvalue weighted by Gasteiger charge is 2.10. The summed E-state index contributed by atoms with van der Waals surface area (Å²) >= 11 is 0. The van der Waals surface area contributed by atoms with E-state index in [-0.39, 0.29) is 18.8 Å². The fourth-order valence-electron chi connectivity index (χ4n) is 0.944. The van der Waals surface area contributed by atoms with E-state index in [0.717, 1.165) is 18.2 Å². The fraction of sp³-hybridized carbons (Fsp3) is 0.250. The molecule has 4 N–H and O–H groups in total. The molecule has 0 bridgehead atoms. The summed E-state index contributed by atoms with van der Waals surface area (Å²) in [5.41, 5.74) is 5.04. The maximum absolute atomic E-state index is 12.8. The minimum atomic E-state index is -3.80. The Morgan fingerprint density at radius 2 is 1.94 bits per heavy atom. The highest BCUT2D eigenvalue weighted by Crippen LogP contribution is 2.13. The molecule has 5 nitrogen and oxygen atoms in total. The Kier molecular flexibility index (Phi) is 4.16. The molecule has 8 heteroatoms. The Bertz CT molecular complexity index is 464. The lowest BCUT2D eigenvalue weighted by Crippen LogP contribution is -2.33. The Morgan fingerprint density at radius 1 is 1.25 bits per heavy atom. The van der Waals surface area contributed by atoms with E-state index in [1.807, 2.05) is 4.72 Å². The van der Waals surface area contributed by atoms with Gasteiger partial charge in [0.1, 0.15) is 0 Å². The van der Waals surface area contributed by atoms with Crippen molar-refractivity contribution in [1.82, 2.24) is 4.72 Å². The molecule has 16 heavy (non-hydrogen) atoms. The first-order chi connectivity index (χ1) is 7.44. The summed E-state index contributed by atoms with van der Waals surface area (Å²) in [7, 11) is -3.80. The van der Waals surface area contributed by atoms with Gasteiger partial charge < -0.3 is 5.73 Å². The molecule has 1 rings (SSSR count). The average Bonchev–Trinajstić information content (AvgIpc) is 2.20. The molecule has 0 aliphatic carbocycles. The van der Waals surface area contributed by atoms with Crippen molar-refractivity contribution in [3.05, 3.63) is 29.8 Å². The van der Waals surface area contributed by atoms with Crippen LogP contribution in [0.5, 0.6) is 0 Å². The van der Waals surface area contributed by atoms with E-state index in [2.05, 4.69) is 4.72 Å². The summed E-state index contributed by atoms with van der Waals surface area (Å²) < 4.78 is 52.0. The van der Waals surface area contributed by atoms with Crippen LogP contribution in [-0.4, -0.2) is 21.5 Å². The summed E-state index contributed by atoms with van der Waals surface area (Å²) in [6, 6.07) is 2.69. The lowest BCUT2D eigenvalue weighted by molar-refractivity contribution is 0.509. The Hall–Kier alpha value is -1.25. The molecule has 0 unspecified atom stereocenters. The molecule has 0 aliphatic heterocycles. The highest BCUT2D eigenvalue weighted by molar-refractivity contribution is 7.90. The van der Waals surface area contributed by atoms with Gasteiger partial charge >= 0.3 is 0 Å². The van der Waals surface area contributed by atoms with Crippen LogP contribution in [0.3, 0.4) is 0 Å². The van der Waals surface area contributed by atoms with E-state index in [1.54, 1.807) is 0 Å². The van der Waals surface area contributed by atoms with Crippen LogP contribution in [-0.2, 0) is 10.2 Å². The van der Waals surface area contributed by atoms with E-state index in [4.69, 9.17) is 5.73 Å². The van der Waals surface area contributed by atoms with Crippen molar-refractivity contribution in [3.63, 3.8) is 0 Å². The lowest BCUT2D eigenvalue weighted by atomic mass is 10.3. The molecule has 0 amide bonds. The number of rotatable bonds is 5. The highest BCUT2D eigenvalue weighted by atomic mass is 32.2. The second kappa shape index (κ2) is 5.19. The zero-order valence-corrected chi connectivity index (χ0v) is 9.02. The van der Waals surface area contributed by atoms with E-state index < -0.39 is 21.8 Å². The van der Waals surface area contributed by atoms with Crippen molar-refractivity contribution >= 4 is 15.9 Å². The number of nitrogens with one attached hydrogen (secondary N) is 2. The van der Waals surface area contributed by atoms with Gasteiger partial charge in [0.2, 0.25) is 0 Å². The van der Waals surface area contributed by atoms with Gasteiger partial charge in [0.25, 0.3) is 10.2 Å². The normalized spacial score (nSPS) is 11.4. The zero-order chi connectivity index (χ0) is 12.2. The van der Waals surface area contributed by atoms with Crippen molar-refractivity contribution in [2.45, 2.75) is 0 Å². The zero-order valence-electron chi connectivity index (χ0n) is 8.20. The molecule has 90 valence electrons.